The van der Waals surface area contributed by atoms with Crippen molar-refractivity contribution in [1.29, 1.82) is 0 Å². The van der Waals surface area contributed by atoms with Gasteiger partial charge in [-0.15, -0.1) is 0 Å². The van der Waals surface area contributed by atoms with Crippen molar-refractivity contribution in [2.24, 2.45) is 11.8 Å². The Labute approximate surface area is 75.5 Å². The molecule has 0 saturated heterocycles. The van der Waals surface area contributed by atoms with Crippen molar-refractivity contribution >= 4 is 6.29 Å². The Morgan fingerprint density at radius 1 is 1.33 bits per heavy atom. The first-order chi connectivity index (χ1) is 5.83. The lowest BCUT2D eigenvalue weighted by molar-refractivity contribution is -0.108. The molecule has 1 saturated carbocycles. The van der Waals surface area contributed by atoms with E-state index in [1.807, 2.05) is 0 Å². The summed E-state index contributed by atoms with van der Waals surface area (Å²) in [6.07, 6.45) is 10.2. The zero-order valence-corrected chi connectivity index (χ0v) is 8.09. The van der Waals surface area contributed by atoms with Gasteiger partial charge in [0.1, 0.15) is 6.29 Å². The van der Waals surface area contributed by atoms with Crippen LogP contribution in [0.1, 0.15) is 51.9 Å². The number of aldehydes is 1. The summed E-state index contributed by atoms with van der Waals surface area (Å²) in [5.74, 6) is 1.54. The van der Waals surface area contributed by atoms with Gasteiger partial charge in [-0.3, -0.25) is 0 Å². The van der Waals surface area contributed by atoms with Crippen molar-refractivity contribution in [2.45, 2.75) is 51.9 Å². The summed E-state index contributed by atoms with van der Waals surface area (Å²) in [5, 5.41) is 0. The molecule has 0 heterocycles. The van der Waals surface area contributed by atoms with E-state index in [4.69, 9.17) is 0 Å². The van der Waals surface area contributed by atoms with Crippen LogP contribution in [0.3, 0.4) is 0 Å². The molecule has 1 nitrogen and oxygen atoms in total. The maximum absolute atomic E-state index is 10.3. The predicted octanol–water partition coefficient (Wildman–Crippen LogP) is 3.18. The predicted molar refractivity (Wildman–Crippen MR) is 51.0 cm³/mol. The van der Waals surface area contributed by atoms with Crippen LogP contribution in [-0.2, 0) is 4.79 Å². The van der Waals surface area contributed by atoms with Crippen LogP contribution in [0.25, 0.3) is 0 Å². The zero-order chi connectivity index (χ0) is 8.81. The molecule has 0 radical (unpaired) electrons. The third-order valence-corrected chi connectivity index (χ3v) is 2.96. The van der Waals surface area contributed by atoms with Crippen LogP contribution < -0.4 is 0 Å². The highest BCUT2D eigenvalue weighted by Gasteiger charge is 2.15. The van der Waals surface area contributed by atoms with E-state index in [-0.39, 0.29) is 0 Å². The van der Waals surface area contributed by atoms with Gasteiger partial charge in [0, 0.05) is 6.42 Å². The van der Waals surface area contributed by atoms with Gasteiger partial charge in [-0.05, 0) is 18.3 Å². The van der Waals surface area contributed by atoms with Gasteiger partial charge < -0.3 is 4.79 Å². The molecular weight excluding hydrogens is 148 g/mol. The summed E-state index contributed by atoms with van der Waals surface area (Å²) in [7, 11) is 0. The van der Waals surface area contributed by atoms with Crippen molar-refractivity contribution in [3.63, 3.8) is 0 Å². The first kappa shape index (κ1) is 9.76. The van der Waals surface area contributed by atoms with Crippen LogP contribution in [-0.4, -0.2) is 6.29 Å². The van der Waals surface area contributed by atoms with Crippen LogP contribution in [0, 0.1) is 11.8 Å². The molecule has 1 atom stereocenters. The van der Waals surface area contributed by atoms with Gasteiger partial charge in [0.25, 0.3) is 0 Å². The van der Waals surface area contributed by atoms with Gasteiger partial charge in [-0.1, -0.05) is 39.0 Å². The van der Waals surface area contributed by atoms with E-state index in [1.54, 1.807) is 0 Å². The largest absolute Gasteiger partial charge is 0.303 e. The molecule has 1 rings (SSSR count). The summed E-state index contributed by atoms with van der Waals surface area (Å²) in [6.45, 7) is 2.20. The molecular formula is C11H20O. The fourth-order valence-corrected chi connectivity index (χ4v) is 2.25. The summed E-state index contributed by atoms with van der Waals surface area (Å²) in [6, 6.07) is 0. The van der Waals surface area contributed by atoms with Gasteiger partial charge in [0.05, 0.1) is 0 Å². The standard InChI is InChI=1S/C11H20O/c1-10(7-8-12)9-11-5-3-2-4-6-11/h8,10-11H,2-7,9H2,1H3. The molecule has 70 valence electrons. The van der Waals surface area contributed by atoms with Crippen molar-refractivity contribution in [3.8, 4) is 0 Å². The molecule has 0 bridgehead atoms. The van der Waals surface area contributed by atoms with E-state index in [2.05, 4.69) is 6.92 Å². The van der Waals surface area contributed by atoms with Crippen LogP contribution in [0.5, 0.6) is 0 Å². The third-order valence-electron chi connectivity index (χ3n) is 2.96. The van der Waals surface area contributed by atoms with Gasteiger partial charge in [0.15, 0.2) is 0 Å². The normalized spacial score (nSPS) is 22.1. The van der Waals surface area contributed by atoms with Crippen molar-refractivity contribution in [2.75, 3.05) is 0 Å². The summed E-state index contributed by atoms with van der Waals surface area (Å²) in [5.41, 5.74) is 0. The Morgan fingerprint density at radius 2 is 2.00 bits per heavy atom. The van der Waals surface area contributed by atoms with Crippen molar-refractivity contribution in [3.05, 3.63) is 0 Å². The average molecular weight is 168 g/mol. The van der Waals surface area contributed by atoms with Crippen molar-refractivity contribution < 1.29 is 4.79 Å². The van der Waals surface area contributed by atoms with E-state index < -0.39 is 0 Å². The Bertz CT molecular complexity index is 125. The first-order valence-corrected chi connectivity index (χ1v) is 5.26. The highest BCUT2D eigenvalue weighted by molar-refractivity contribution is 5.49. The fraction of sp³-hybridized carbons (Fsp3) is 0.909. The molecule has 1 aliphatic carbocycles. The molecule has 1 fully saturated rings. The Kier molecular flexibility index (Phi) is 4.34. The van der Waals surface area contributed by atoms with E-state index in [9.17, 15) is 4.79 Å². The van der Waals surface area contributed by atoms with Gasteiger partial charge in [-0.25, -0.2) is 0 Å². The molecule has 1 aliphatic rings. The quantitative estimate of drug-likeness (QED) is 0.589. The topological polar surface area (TPSA) is 17.1 Å². The Hall–Kier alpha value is -0.330. The highest BCUT2D eigenvalue weighted by atomic mass is 16.1. The van der Waals surface area contributed by atoms with E-state index >= 15 is 0 Å². The van der Waals surface area contributed by atoms with E-state index in [0.717, 1.165) is 18.6 Å². The Morgan fingerprint density at radius 3 is 2.58 bits per heavy atom. The maximum Gasteiger partial charge on any atom is 0.120 e. The zero-order valence-electron chi connectivity index (χ0n) is 8.09. The number of hydrogen-bond donors (Lipinski definition) is 0. The molecule has 0 N–H and O–H groups in total. The van der Waals surface area contributed by atoms with Gasteiger partial charge in [0.2, 0.25) is 0 Å². The Balaban J connectivity index is 2.15. The van der Waals surface area contributed by atoms with Crippen molar-refractivity contribution in [1.82, 2.24) is 0 Å². The summed E-state index contributed by atoms with van der Waals surface area (Å²) < 4.78 is 0. The number of rotatable bonds is 4. The molecule has 0 aliphatic heterocycles. The number of carbonyl (C=O) groups excluding carboxylic acids is 1. The number of carbonyl (C=O) groups is 1. The third kappa shape index (κ3) is 3.38. The maximum atomic E-state index is 10.3. The minimum Gasteiger partial charge on any atom is -0.303 e. The van der Waals surface area contributed by atoms with Gasteiger partial charge >= 0.3 is 0 Å². The SMILES string of the molecule is CC(CC=O)CC1CCCCC1. The first-order valence-electron chi connectivity index (χ1n) is 5.26. The second-order valence-corrected chi connectivity index (χ2v) is 4.25. The second-order valence-electron chi connectivity index (χ2n) is 4.25. The fourth-order valence-electron chi connectivity index (χ4n) is 2.25. The van der Waals surface area contributed by atoms with E-state index in [0.29, 0.717) is 5.92 Å². The average Bonchev–Trinajstić information content (AvgIpc) is 2.06. The van der Waals surface area contributed by atoms with E-state index in [1.165, 1.54) is 38.5 Å². The molecule has 0 aromatic carbocycles. The molecule has 0 spiro atoms. The lowest BCUT2D eigenvalue weighted by Gasteiger charge is -2.23. The van der Waals surface area contributed by atoms with Gasteiger partial charge in [-0.2, -0.15) is 0 Å². The van der Waals surface area contributed by atoms with Crippen LogP contribution in [0.4, 0.5) is 0 Å². The second kappa shape index (κ2) is 5.34. The number of hydrogen-bond acceptors (Lipinski definition) is 1. The van der Waals surface area contributed by atoms with Crippen LogP contribution >= 0.6 is 0 Å². The lowest BCUT2D eigenvalue weighted by atomic mass is 9.82. The molecule has 1 unspecified atom stereocenters. The monoisotopic (exact) mass is 168 g/mol. The highest BCUT2D eigenvalue weighted by Crippen LogP contribution is 2.29. The molecule has 12 heavy (non-hydrogen) atoms. The van der Waals surface area contributed by atoms with Crippen LogP contribution in [0.2, 0.25) is 0 Å². The smallest absolute Gasteiger partial charge is 0.120 e. The van der Waals surface area contributed by atoms with Crippen LogP contribution in [0.15, 0.2) is 0 Å². The summed E-state index contributed by atoms with van der Waals surface area (Å²) in [4.78, 5) is 10.3. The lowest BCUT2D eigenvalue weighted by Crippen LogP contribution is -2.10. The minimum atomic E-state index is 0.616. The molecule has 0 aromatic heterocycles. The molecule has 1 heteroatoms. The minimum absolute atomic E-state index is 0.616. The molecule has 0 aromatic rings. The summed E-state index contributed by atoms with van der Waals surface area (Å²) >= 11 is 0. The molecule has 0 amide bonds.